The third-order valence-corrected chi connectivity index (χ3v) is 3.90. The summed E-state index contributed by atoms with van der Waals surface area (Å²) in [6, 6.07) is 30.5. The van der Waals surface area contributed by atoms with Crippen LogP contribution in [0, 0.1) is 5.92 Å². The average molecular weight is 366 g/mol. The lowest BCUT2D eigenvalue weighted by Crippen LogP contribution is -2.26. The Labute approximate surface area is 161 Å². The van der Waals surface area contributed by atoms with Crippen molar-refractivity contribution < 1.29 is 0 Å². The van der Waals surface area contributed by atoms with E-state index < -0.39 is 0 Å². The molecule has 3 nitrogen and oxygen atoms in total. The smallest absolute Gasteiger partial charge is 0.111 e. The number of para-hydroxylation sites is 3. The van der Waals surface area contributed by atoms with Gasteiger partial charge in [-0.3, -0.25) is 0 Å². The van der Waals surface area contributed by atoms with Gasteiger partial charge in [0.1, 0.15) is 5.84 Å². The van der Waals surface area contributed by atoms with Crippen molar-refractivity contribution in [3.8, 4) is 0 Å². The SMILES string of the molecule is CC(CNc1ccccc1)C(=Nc1ccccc1)Nc1ccccc1.Cl. The maximum atomic E-state index is 4.83. The lowest BCUT2D eigenvalue weighted by atomic mass is 10.1. The van der Waals surface area contributed by atoms with Crippen LogP contribution in [-0.4, -0.2) is 12.4 Å². The molecule has 4 heteroatoms. The Morgan fingerprint density at radius 1 is 0.769 bits per heavy atom. The van der Waals surface area contributed by atoms with Crippen molar-refractivity contribution in [1.82, 2.24) is 0 Å². The van der Waals surface area contributed by atoms with Crippen molar-refractivity contribution in [3.63, 3.8) is 0 Å². The first-order valence-electron chi connectivity index (χ1n) is 8.56. The van der Waals surface area contributed by atoms with E-state index in [1.165, 1.54) is 0 Å². The van der Waals surface area contributed by atoms with Crippen LogP contribution in [-0.2, 0) is 0 Å². The molecule has 0 saturated heterocycles. The summed E-state index contributed by atoms with van der Waals surface area (Å²) in [5.74, 6) is 1.17. The average Bonchev–Trinajstić information content (AvgIpc) is 2.68. The van der Waals surface area contributed by atoms with Crippen LogP contribution in [0.5, 0.6) is 0 Å². The summed E-state index contributed by atoms with van der Waals surface area (Å²) in [7, 11) is 0. The van der Waals surface area contributed by atoms with Crippen LogP contribution in [0.2, 0.25) is 0 Å². The predicted octanol–water partition coefficient (Wildman–Crippen LogP) is 6.00. The quantitative estimate of drug-likeness (QED) is 0.415. The maximum Gasteiger partial charge on any atom is 0.111 e. The van der Waals surface area contributed by atoms with Crippen LogP contribution in [0.15, 0.2) is 96.0 Å². The highest BCUT2D eigenvalue weighted by Crippen LogP contribution is 2.16. The van der Waals surface area contributed by atoms with Crippen LogP contribution >= 0.6 is 12.4 Å². The zero-order valence-electron chi connectivity index (χ0n) is 14.8. The minimum atomic E-state index is 0. The highest BCUT2D eigenvalue weighted by Gasteiger charge is 2.11. The number of nitrogens with zero attached hydrogens (tertiary/aromatic N) is 1. The van der Waals surface area contributed by atoms with Gasteiger partial charge in [-0.25, -0.2) is 4.99 Å². The molecule has 3 aromatic carbocycles. The second-order valence-electron chi connectivity index (χ2n) is 5.97. The van der Waals surface area contributed by atoms with Gasteiger partial charge in [-0.15, -0.1) is 12.4 Å². The summed E-state index contributed by atoms with van der Waals surface area (Å²) < 4.78 is 0. The molecule has 0 saturated carbocycles. The molecule has 0 spiro atoms. The van der Waals surface area contributed by atoms with Gasteiger partial charge in [-0.2, -0.15) is 0 Å². The summed E-state index contributed by atoms with van der Waals surface area (Å²) in [5, 5.41) is 6.95. The molecule has 0 aliphatic carbocycles. The third kappa shape index (κ3) is 5.94. The maximum absolute atomic E-state index is 4.83. The fraction of sp³-hybridized carbons (Fsp3) is 0.136. The van der Waals surface area contributed by atoms with E-state index in [2.05, 4.69) is 41.8 Å². The second-order valence-corrected chi connectivity index (χ2v) is 5.97. The molecular weight excluding hydrogens is 342 g/mol. The summed E-state index contributed by atoms with van der Waals surface area (Å²) in [6.45, 7) is 2.98. The van der Waals surface area contributed by atoms with Gasteiger partial charge in [0.15, 0.2) is 0 Å². The van der Waals surface area contributed by atoms with Crippen LogP contribution < -0.4 is 10.6 Å². The molecule has 3 rings (SSSR count). The Morgan fingerprint density at radius 3 is 1.85 bits per heavy atom. The van der Waals surface area contributed by atoms with Crippen LogP contribution in [0.4, 0.5) is 17.1 Å². The van der Waals surface area contributed by atoms with Gasteiger partial charge in [-0.1, -0.05) is 61.5 Å². The van der Waals surface area contributed by atoms with Gasteiger partial charge in [0.05, 0.1) is 5.69 Å². The number of benzene rings is 3. The van der Waals surface area contributed by atoms with E-state index in [4.69, 9.17) is 4.99 Å². The standard InChI is InChI=1S/C22H23N3.ClH/c1-18(17-23-19-11-5-2-6-12-19)22(24-20-13-7-3-8-14-20)25-21-15-9-4-10-16-21;/h2-16,18,23H,17H2,1H3,(H,24,25);1H. The van der Waals surface area contributed by atoms with E-state index >= 15 is 0 Å². The van der Waals surface area contributed by atoms with Gasteiger partial charge in [-0.05, 0) is 36.4 Å². The van der Waals surface area contributed by atoms with Gasteiger partial charge in [0, 0.05) is 23.8 Å². The summed E-state index contributed by atoms with van der Waals surface area (Å²) in [5.41, 5.74) is 3.12. The molecule has 0 aliphatic rings. The fourth-order valence-corrected chi connectivity index (χ4v) is 2.50. The number of aliphatic imine (C=N–C) groups is 1. The van der Waals surface area contributed by atoms with E-state index in [0.717, 1.165) is 29.4 Å². The van der Waals surface area contributed by atoms with Gasteiger partial charge in [0.2, 0.25) is 0 Å². The van der Waals surface area contributed by atoms with Crippen molar-refractivity contribution >= 4 is 35.3 Å². The van der Waals surface area contributed by atoms with Crippen molar-refractivity contribution in [1.29, 1.82) is 0 Å². The molecule has 2 N–H and O–H groups in total. The molecule has 1 atom stereocenters. The first-order chi connectivity index (χ1) is 12.3. The Kier molecular flexibility index (Phi) is 7.72. The molecular formula is C22H24ClN3. The molecule has 1 unspecified atom stereocenters. The topological polar surface area (TPSA) is 36.4 Å². The summed E-state index contributed by atoms with van der Waals surface area (Å²) in [4.78, 5) is 4.83. The monoisotopic (exact) mass is 365 g/mol. The van der Waals surface area contributed by atoms with Crippen LogP contribution in [0.3, 0.4) is 0 Å². The zero-order chi connectivity index (χ0) is 17.3. The predicted molar refractivity (Wildman–Crippen MR) is 115 cm³/mol. The first-order valence-corrected chi connectivity index (χ1v) is 8.56. The number of hydrogen-bond donors (Lipinski definition) is 2. The number of amidine groups is 1. The molecule has 26 heavy (non-hydrogen) atoms. The molecule has 0 bridgehead atoms. The van der Waals surface area contributed by atoms with E-state index in [1.54, 1.807) is 0 Å². The lowest BCUT2D eigenvalue weighted by Gasteiger charge is -2.18. The minimum absolute atomic E-state index is 0. The van der Waals surface area contributed by atoms with Gasteiger partial charge in [0.25, 0.3) is 0 Å². The van der Waals surface area contributed by atoms with Crippen LogP contribution in [0.1, 0.15) is 6.92 Å². The Hall–Kier alpha value is -2.78. The van der Waals surface area contributed by atoms with Gasteiger partial charge < -0.3 is 10.6 Å². The molecule has 0 aromatic heterocycles. The van der Waals surface area contributed by atoms with E-state index in [0.29, 0.717) is 0 Å². The highest BCUT2D eigenvalue weighted by atomic mass is 35.5. The second kappa shape index (κ2) is 10.3. The minimum Gasteiger partial charge on any atom is -0.384 e. The molecule has 134 valence electrons. The van der Waals surface area contributed by atoms with Crippen molar-refractivity contribution in [2.75, 3.05) is 17.2 Å². The Bertz CT molecular complexity index is 789. The zero-order valence-corrected chi connectivity index (χ0v) is 15.6. The van der Waals surface area contributed by atoms with E-state index in [1.807, 2.05) is 66.7 Å². The molecule has 0 radical (unpaired) electrons. The molecule has 0 amide bonds. The number of anilines is 2. The number of hydrogen-bond acceptors (Lipinski definition) is 2. The molecule has 0 fully saturated rings. The number of rotatable bonds is 6. The largest absolute Gasteiger partial charge is 0.384 e. The molecule has 0 heterocycles. The highest BCUT2D eigenvalue weighted by molar-refractivity contribution is 5.98. The molecule has 0 aliphatic heterocycles. The van der Waals surface area contributed by atoms with Crippen molar-refractivity contribution in [2.45, 2.75) is 6.92 Å². The van der Waals surface area contributed by atoms with E-state index in [9.17, 15) is 0 Å². The van der Waals surface area contributed by atoms with E-state index in [-0.39, 0.29) is 18.3 Å². The van der Waals surface area contributed by atoms with Crippen LogP contribution in [0.25, 0.3) is 0 Å². The number of nitrogens with one attached hydrogen (secondary N) is 2. The summed E-state index contributed by atoms with van der Waals surface area (Å²) in [6.07, 6.45) is 0. The Balaban J connectivity index is 0.00000243. The van der Waals surface area contributed by atoms with Crippen molar-refractivity contribution in [3.05, 3.63) is 91.0 Å². The fourth-order valence-electron chi connectivity index (χ4n) is 2.50. The summed E-state index contributed by atoms with van der Waals surface area (Å²) >= 11 is 0. The molecule has 3 aromatic rings. The normalized spacial score (nSPS) is 12.0. The Morgan fingerprint density at radius 2 is 1.27 bits per heavy atom. The van der Waals surface area contributed by atoms with Gasteiger partial charge >= 0.3 is 0 Å². The first kappa shape index (κ1) is 19.5. The lowest BCUT2D eigenvalue weighted by molar-refractivity contribution is 0.813. The van der Waals surface area contributed by atoms with Crippen molar-refractivity contribution in [2.24, 2.45) is 10.9 Å². The third-order valence-electron chi connectivity index (χ3n) is 3.90. The number of halogens is 1.